The van der Waals surface area contributed by atoms with Crippen molar-refractivity contribution in [3.05, 3.63) is 63.0 Å². The Balaban J connectivity index is 2.05. The molecule has 0 bridgehead atoms. The summed E-state index contributed by atoms with van der Waals surface area (Å²) in [6.07, 6.45) is 0. The van der Waals surface area contributed by atoms with Gasteiger partial charge in [0, 0.05) is 9.13 Å². The highest BCUT2D eigenvalue weighted by Crippen LogP contribution is 2.17. The molecule has 0 saturated carbocycles. The van der Waals surface area contributed by atoms with E-state index in [0.29, 0.717) is 5.56 Å². The Morgan fingerprint density at radius 1 is 1.24 bits per heavy atom. The van der Waals surface area contributed by atoms with Crippen molar-refractivity contribution < 1.29 is 9.18 Å². The van der Waals surface area contributed by atoms with Crippen LogP contribution in [0.15, 0.2) is 42.5 Å². The molecule has 21 heavy (non-hydrogen) atoms. The predicted octanol–water partition coefficient (Wildman–Crippen LogP) is 3.87. The van der Waals surface area contributed by atoms with E-state index in [1.165, 1.54) is 6.07 Å². The number of carbonyl (C=O) groups is 1. The van der Waals surface area contributed by atoms with Crippen molar-refractivity contribution in [2.75, 3.05) is 5.32 Å². The predicted molar refractivity (Wildman–Crippen MR) is 94.0 cm³/mol. The van der Waals surface area contributed by atoms with Crippen molar-refractivity contribution in [1.82, 2.24) is 5.32 Å². The van der Waals surface area contributed by atoms with E-state index in [2.05, 4.69) is 10.6 Å². The monoisotopic (exact) mass is 414 g/mol. The zero-order chi connectivity index (χ0) is 15.4. The molecule has 6 heteroatoms. The van der Waals surface area contributed by atoms with Gasteiger partial charge in [0.25, 0.3) is 5.91 Å². The maximum Gasteiger partial charge on any atom is 0.257 e. The Morgan fingerprint density at radius 2 is 1.95 bits per heavy atom. The van der Waals surface area contributed by atoms with E-state index in [0.717, 1.165) is 9.13 Å². The molecule has 0 unspecified atom stereocenters. The fraction of sp³-hybridized carbons (Fsp3) is 0.0667. The van der Waals surface area contributed by atoms with Crippen molar-refractivity contribution in [3.63, 3.8) is 0 Å². The van der Waals surface area contributed by atoms with Crippen LogP contribution < -0.4 is 10.6 Å². The number of hydrogen-bond donors (Lipinski definition) is 2. The van der Waals surface area contributed by atoms with Gasteiger partial charge in [0.2, 0.25) is 0 Å². The maximum atomic E-state index is 13.7. The average molecular weight is 414 g/mol. The molecule has 1 amide bonds. The first kappa shape index (κ1) is 15.8. The minimum Gasteiger partial charge on any atom is -0.330 e. The lowest BCUT2D eigenvalue weighted by Crippen LogP contribution is -2.34. The number of thiocarbonyl (C=S) groups is 1. The number of rotatable bonds is 2. The van der Waals surface area contributed by atoms with Crippen LogP contribution in [0.5, 0.6) is 0 Å². The highest BCUT2D eigenvalue weighted by molar-refractivity contribution is 14.1. The molecule has 2 aromatic rings. The van der Waals surface area contributed by atoms with E-state index >= 15 is 0 Å². The van der Waals surface area contributed by atoms with Crippen molar-refractivity contribution in [3.8, 4) is 0 Å². The number of anilines is 1. The van der Waals surface area contributed by atoms with Gasteiger partial charge in [-0.15, -0.1) is 0 Å². The standard InChI is InChI=1S/C15H12FIN2OS/c1-9-4-2-3-5-11(9)14(20)19-15(21)18-13-7-6-10(17)8-12(13)16/h2-8H,1H3,(H2,18,19,20,21). The molecule has 0 heterocycles. The van der Waals surface area contributed by atoms with Crippen LogP contribution in [0.4, 0.5) is 10.1 Å². The zero-order valence-electron chi connectivity index (χ0n) is 11.1. The molecule has 2 aromatic carbocycles. The average Bonchev–Trinajstić information content (AvgIpc) is 2.42. The van der Waals surface area contributed by atoms with Gasteiger partial charge in [-0.1, -0.05) is 18.2 Å². The topological polar surface area (TPSA) is 41.1 Å². The third-order valence-corrected chi connectivity index (χ3v) is 3.67. The number of halogens is 2. The fourth-order valence-corrected chi connectivity index (χ4v) is 2.40. The van der Waals surface area contributed by atoms with E-state index < -0.39 is 5.82 Å². The summed E-state index contributed by atoms with van der Waals surface area (Å²) in [6.45, 7) is 1.84. The largest absolute Gasteiger partial charge is 0.330 e. The molecule has 3 nitrogen and oxygen atoms in total. The lowest BCUT2D eigenvalue weighted by atomic mass is 10.1. The Labute approximate surface area is 141 Å². The van der Waals surface area contributed by atoms with Gasteiger partial charge < -0.3 is 5.32 Å². The lowest BCUT2D eigenvalue weighted by molar-refractivity contribution is 0.0977. The highest BCUT2D eigenvalue weighted by atomic mass is 127. The first-order chi connectivity index (χ1) is 9.97. The minimum absolute atomic E-state index is 0.0587. The highest BCUT2D eigenvalue weighted by Gasteiger charge is 2.11. The molecule has 0 aliphatic heterocycles. The van der Waals surface area contributed by atoms with E-state index in [1.807, 2.05) is 41.6 Å². The number of benzene rings is 2. The van der Waals surface area contributed by atoms with Crippen molar-refractivity contribution in [2.24, 2.45) is 0 Å². The summed E-state index contributed by atoms with van der Waals surface area (Å²) in [5, 5.41) is 5.28. The molecule has 0 atom stereocenters. The van der Waals surface area contributed by atoms with E-state index in [1.54, 1.807) is 24.3 Å². The minimum atomic E-state index is -0.422. The normalized spacial score (nSPS) is 10.0. The number of carbonyl (C=O) groups excluding carboxylic acids is 1. The first-order valence-electron chi connectivity index (χ1n) is 6.10. The van der Waals surface area contributed by atoms with Crippen LogP contribution in [0.25, 0.3) is 0 Å². The molecule has 0 aliphatic carbocycles. The zero-order valence-corrected chi connectivity index (χ0v) is 14.1. The van der Waals surface area contributed by atoms with E-state index in [9.17, 15) is 9.18 Å². The second kappa shape index (κ2) is 6.95. The number of aryl methyl sites for hydroxylation is 1. The van der Waals surface area contributed by atoms with Crippen LogP contribution in [0, 0.1) is 16.3 Å². The SMILES string of the molecule is Cc1ccccc1C(=O)NC(=S)Nc1ccc(I)cc1F. The third kappa shape index (κ3) is 4.21. The molecule has 0 spiro atoms. The second-order valence-electron chi connectivity index (χ2n) is 4.35. The van der Waals surface area contributed by atoms with Crippen LogP contribution in [0.1, 0.15) is 15.9 Å². The van der Waals surface area contributed by atoms with Gasteiger partial charge in [0.1, 0.15) is 5.82 Å². The fourth-order valence-electron chi connectivity index (χ4n) is 1.74. The van der Waals surface area contributed by atoms with Gasteiger partial charge in [-0.05, 0) is 71.6 Å². The molecular formula is C15H12FIN2OS. The van der Waals surface area contributed by atoms with Crippen LogP contribution in [0.3, 0.4) is 0 Å². The summed E-state index contributed by atoms with van der Waals surface area (Å²) in [6, 6.07) is 11.9. The van der Waals surface area contributed by atoms with Gasteiger partial charge >= 0.3 is 0 Å². The third-order valence-electron chi connectivity index (χ3n) is 2.80. The quantitative estimate of drug-likeness (QED) is 0.579. The maximum absolute atomic E-state index is 13.7. The van der Waals surface area contributed by atoms with Crippen molar-refractivity contribution in [1.29, 1.82) is 0 Å². The molecule has 2 N–H and O–H groups in total. The Morgan fingerprint density at radius 3 is 2.62 bits per heavy atom. The summed E-state index contributed by atoms with van der Waals surface area (Å²) in [4.78, 5) is 12.1. The van der Waals surface area contributed by atoms with E-state index in [4.69, 9.17) is 12.2 Å². The second-order valence-corrected chi connectivity index (χ2v) is 6.00. The molecule has 108 valence electrons. The summed E-state index contributed by atoms with van der Waals surface area (Å²) in [7, 11) is 0. The number of hydrogen-bond acceptors (Lipinski definition) is 2. The molecule has 0 radical (unpaired) electrons. The Hall–Kier alpha value is -1.54. The Kier molecular flexibility index (Phi) is 5.24. The van der Waals surface area contributed by atoms with Crippen LogP contribution in [-0.4, -0.2) is 11.0 Å². The molecule has 0 saturated heterocycles. The van der Waals surface area contributed by atoms with Gasteiger partial charge in [0.05, 0.1) is 5.69 Å². The first-order valence-corrected chi connectivity index (χ1v) is 7.59. The summed E-state index contributed by atoms with van der Waals surface area (Å²) >= 11 is 7.05. The van der Waals surface area contributed by atoms with Crippen LogP contribution in [-0.2, 0) is 0 Å². The van der Waals surface area contributed by atoms with E-state index in [-0.39, 0.29) is 16.7 Å². The summed E-state index contributed by atoms with van der Waals surface area (Å²) in [5.74, 6) is -0.745. The summed E-state index contributed by atoms with van der Waals surface area (Å²) in [5.41, 5.74) is 1.61. The molecular weight excluding hydrogens is 402 g/mol. The molecule has 0 aliphatic rings. The van der Waals surface area contributed by atoms with Crippen LogP contribution in [0.2, 0.25) is 0 Å². The number of nitrogens with one attached hydrogen (secondary N) is 2. The molecule has 0 aromatic heterocycles. The van der Waals surface area contributed by atoms with Crippen LogP contribution >= 0.6 is 34.8 Å². The van der Waals surface area contributed by atoms with Gasteiger partial charge in [0.15, 0.2) is 5.11 Å². The number of amides is 1. The molecule has 0 fully saturated rings. The molecule has 2 rings (SSSR count). The Bertz CT molecular complexity index is 706. The van der Waals surface area contributed by atoms with Crippen molar-refractivity contribution in [2.45, 2.75) is 6.92 Å². The van der Waals surface area contributed by atoms with Crippen molar-refractivity contribution >= 4 is 51.5 Å². The summed E-state index contributed by atoms with van der Waals surface area (Å²) < 4.78 is 14.5. The van der Waals surface area contributed by atoms with Gasteiger partial charge in [-0.2, -0.15) is 0 Å². The smallest absolute Gasteiger partial charge is 0.257 e. The van der Waals surface area contributed by atoms with Gasteiger partial charge in [-0.3, -0.25) is 10.1 Å². The van der Waals surface area contributed by atoms with Gasteiger partial charge in [-0.25, -0.2) is 4.39 Å². The lowest BCUT2D eigenvalue weighted by Gasteiger charge is -2.11.